The zero-order valence-electron chi connectivity index (χ0n) is 20.2. The Kier molecular flexibility index (Phi) is 5.27. The van der Waals surface area contributed by atoms with Crippen molar-refractivity contribution in [3.8, 4) is 18.0 Å². The SMILES string of the molecule is C#Cc1ccc2c3c(c([C@@H](C)NC(=O)c4c(N)nn5cccnc45)n(-c4ccccc4)c(=O)c13)CCC2. The minimum Gasteiger partial charge on any atom is -0.381 e. The van der Waals surface area contributed by atoms with Crippen molar-refractivity contribution in [3.05, 3.63) is 99.2 Å². The number of nitrogens with two attached hydrogens (primary N) is 1. The van der Waals surface area contributed by atoms with Gasteiger partial charge in [0, 0.05) is 23.6 Å². The highest BCUT2D eigenvalue weighted by atomic mass is 16.2. The summed E-state index contributed by atoms with van der Waals surface area (Å²) in [6, 6.07) is 14.5. The first-order valence-electron chi connectivity index (χ1n) is 12.1. The minimum absolute atomic E-state index is 0.0876. The first kappa shape index (κ1) is 22.6. The van der Waals surface area contributed by atoms with Crippen molar-refractivity contribution in [1.82, 2.24) is 24.5 Å². The largest absolute Gasteiger partial charge is 0.381 e. The van der Waals surface area contributed by atoms with Gasteiger partial charge in [0.05, 0.1) is 17.1 Å². The number of rotatable bonds is 4. The first-order chi connectivity index (χ1) is 18.0. The molecule has 6 rings (SSSR count). The Morgan fingerprint density at radius 2 is 1.95 bits per heavy atom. The first-order valence-corrected chi connectivity index (χ1v) is 12.1. The number of nitrogens with zero attached hydrogens (tertiary/aromatic N) is 4. The van der Waals surface area contributed by atoms with E-state index in [9.17, 15) is 9.59 Å². The molecule has 3 heterocycles. The fourth-order valence-electron chi connectivity index (χ4n) is 5.48. The van der Waals surface area contributed by atoms with Crippen molar-refractivity contribution in [2.24, 2.45) is 0 Å². The lowest BCUT2D eigenvalue weighted by Crippen LogP contribution is -2.34. The van der Waals surface area contributed by atoms with Crippen LogP contribution in [0.2, 0.25) is 0 Å². The van der Waals surface area contributed by atoms with Crippen LogP contribution < -0.4 is 16.6 Å². The molecule has 5 aromatic rings. The Labute approximate surface area is 212 Å². The number of aryl methyl sites for hydroxylation is 2. The molecule has 2 aromatic carbocycles. The van der Waals surface area contributed by atoms with E-state index in [2.05, 4.69) is 21.3 Å². The third-order valence-electron chi connectivity index (χ3n) is 7.01. The molecule has 0 fully saturated rings. The zero-order valence-corrected chi connectivity index (χ0v) is 20.2. The number of nitrogens with one attached hydrogen (secondary N) is 1. The summed E-state index contributed by atoms with van der Waals surface area (Å²) in [5.41, 5.74) is 10.6. The maximum absolute atomic E-state index is 14.1. The summed E-state index contributed by atoms with van der Waals surface area (Å²) in [6.45, 7) is 1.88. The van der Waals surface area contributed by atoms with E-state index in [-0.39, 0.29) is 16.9 Å². The fraction of sp³-hybridized carbons (Fsp3) is 0.172. The van der Waals surface area contributed by atoms with E-state index in [1.165, 1.54) is 4.52 Å². The summed E-state index contributed by atoms with van der Waals surface area (Å²) in [6.07, 6.45) is 11.7. The predicted octanol–water partition coefficient (Wildman–Crippen LogP) is 3.58. The van der Waals surface area contributed by atoms with Gasteiger partial charge in [-0.3, -0.25) is 14.2 Å². The molecule has 0 bridgehead atoms. The summed E-state index contributed by atoms with van der Waals surface area (Å²) < 4.78 is 3.17. The van der Waals surface area contributed by atoms with Crippen LogP contribution >= 0.6 is 0 Å². The smallest absolute Gasteiger partial charge is 0.264 e. The monoisotopic (exact) mass is 488 g/mol. The van der Waals surface area contributed by atoms with Gasteiger partial charge in [0.2, 0.25) is 0 Å². The molecule has 8 heteroatoms. The minimum atomic E-state index is -0.529. The molecular formula is C29H24N6O2. The summed E-state index contributed by atoms with van der Waals surface area (Å²) in [5, 5.41) is 8.74. The molecule has 1 aliphatic rings. The van der Waals surface area contributed by atoms with Crippen molar-refractivity contribution in [2.45, 2.75) is 32.2 Å². The van der Waals surface area contributed by atoms with Crippen molar-refractivity contribution in [3.63, 3.8) is 0 Å². The van der Waals surface area contributed by atoms with E-state index in [0.717, 1.165) is 41.5 Å². The molecule has 3 aromatic heterocycles. The van der Waals surface area contributed by atoms with Crippen LogP contribution in [0.1, 0.15) is 52.1 Å². The summed E-state index contributed by atoms with van der Waals surface area (Å²) in [7, 11) is 0. The molecule has 37 heavy (non-hydrogen) atoms. The van der Waals surface area contributed by atoms with Crippen LogP contribution in [0.3, 0.4) is 0 Å². The number of para-hydroxylation sites is 1. The van der Waals surface area contributed by atoms with E-state index in [1.54, 1.807) is 23.0 Å². The number of terminal acetylenes is 1. The highest BCUT2D eigenvalue weighted by Crippen LogP contribution is 2.35. The van der Waals surface area contributed by atoms with Crippen molar-refractivity contribution < 1.29 is 4.79 Å². The lowest BCUT2D eigenvalue weighted by Gasteiger charge is -2.28. The van der Waals surface area contributed by atoms with E-state index >= 15 is 0 Å². The molecule has 0 saturated heterocycles. The molecule has 1 amide bonds. The fourth-order valence-corrected chi connectivity index (χ4v) is 5.48. The normalized spacial score (nSPS) is 13.4. The van der Waals surface area contributed by atoms with E-state index < -0.39 is 11.9 Å². The van der Waals surface area contributed by atoms with Gasteiger partial charge < -0.3 is 11.1 Å². The lowest BCUT2D eigenvalue weighted by atomic mass is 9.85. The molecular weight excluding hydrogens is 464 g/mol. The molecule has 1 atom stereocenters. The van der Waals surface area contributed by atoms with Crippen molar-refractivity contribution in [2.75, 3.05) is 5.73 Å². The number of anilines is 1. The van der Waals surface area contributed by atoms with Gasteiger partial charge in [-0.05, 0) is 67.0 Å². The Morgan fingerprint density at radius 3 is 2.73 bits per heavy atom. The van der Waals surface area contributed by atoms with Gasteiger partial charge in [0.15, 0.2) is 11.5 Å². The second-order valence-corrected chi connectivity index (χ2v) is 9.20. The number of carbonyl (C=O) groups excluding carboxylic acids is 1. The Balaban J connectivity index is 1.58. The van der Waals surface area contributed by atoms with Crippen LogP contribution in [-0.4, -0.2) is 25.1 Å². The number of fused-ring (bicyclic) bond motifs is 1. The third-order valence-corrected chi connectivity index (χ3v) is 7.01. The number of aromatic nitrogens is 4. The second-order valence-electron chi connectivity index (χ2n) is 9.20. The van der Waals surface area contributed by atoms with Gasteiger partial charge in [-0.15, -0.1) is 11.5 Å². The van der Waals surface area contributed by atoms with Gasteiger partial charge in [0.25, 0.3) is 11.5 Å². The number of hydrogen-bond donors (Lipinski definition) is 2. The van der Waals surface area contributed by atoms with Crippen LogP contribution in [-0.2, 0) is 12.8 Å². The van der Waals surface area contributed by atoms with Crippen LogP contribution in [0, 0.1) is 12.3 Å². The maximum atomic E-state index is 14.1. The third kappa shape index (κ3) is 3.47. The molecule has 8 nitrogen and oxygen atoms in total. The standard InChI is InChI=1S/C29H24N6O2/c1-3-18-13-14-19-9-7-12-21-22(19)23(18)29(37)35(20-10-5-4-6-11-20)25(21)17(2)32-28(36)24-26(30)33-34-16-8-15-31-27(24)34/h1,4-6,8,10-11,13-17H,7,9,12H2,2H3,(H2,30,33)(H,32,36)/t17-/m1/s1. The Hall–Kier alpha value is -4.90. The van der Waals surface area contributed by atoms with Crippen LogP contribution in [0.4, 0.5) is 5.82 Å². The van der Waals surface area contributed by atoms with Crippen LogP contribution in [0.15, 0.2) is 65.7 Å². The molecule has 3 N–H and O–H groups in total. The molecule has 0 unspecified atom stereocenters. The number of hydrogen-bond acceptors (Lipinski definition) is 5. The number of nitrogen functional groups attached to an aromatic ring is 1. The highest BCUT2D eigenvalue weighted by Gasteiger charge is 2.29. The van der Waals surface area contributed by atoms with Gasteiger partial charge >= 0.3 is 0 Å². The highest BCUT2D eigenvalue weighted by molar-refractivity contribution is 6.04. The molecule has 182 valence electrons. The van der Waals surface area contributed by atoms with Gasteiger partial charge in [-0.25, -0.2) is 9.50 Å². The Morgan fingerprint density at radius 1 is 1.14 bits per heavy atom. The van der Waals surface area contributed by atoms with Crippen molar-refractivity contribution >= 4 is 28.1 Å². The molecule has 0 saturated carbocycles. The average Bonchev–Trinajstić information content (AvgIpc) is 3.26. The maximum Gasteiger partial charge on any atom is 0.264 e. The lowest BCUT2D eigenvalue weighted by molar-refractivity contribution is 0.0941. The van der Waals surface area contributed by atoms with E-state index in [1.807, 2.05) is 49.4 Å². The molecule has 0 radical (unpaired) electrons. The van der Waals surface area contributed by atoms with E-state index in [0.29, 0.717) is 22.3 Å². The number of amides is 1. The predicted molar refractivity (Wildman–Crippen MR) is 143 cm³/mol. The summed E-state index contributed by atoms with van der Waals surface area (Å²) in [4.78, 5) is 31.9. The number of carbonyl (C=O) groups is 1. The van der Waals surface area contributed by atoms with E-state index in [4.69, 9.17) is 12.2 Å². The Bertz CT molecular complexity index is 1810. The van der Waals surface area contributed by atoms with Crippen molar-refractivity contribution in [1.29, 1.82) is 0 Å². The molecule has 0 spiro atoms. The quantitative estimate of drug-likeness (QED) is 0.376. The number of benzene rings is 2. The molecule has 0 aliphatic heterocycles. The number of pyridine rings is 1. The second kappa shape index (κ2) is 8.64. The van der Waals surface area contributed by atoms with Gasteiger partial charge in [-0.1, -0.05) is 30.2 Å². The summed E-state index contributed by atoms with van der Waals surface area (Å²) >= 11 is 0. The van der Waals surface area contributed by atoms with Gasteiger partial charge in [-0.2, -0.15) is 0 Å². The van der Waals surface area contributed by atoms with Crippen LogP contribution in [0.25, 0.3) is 22.1 Å². The zero-order chi connectivity index (χ0) is 25.7. The van der Waals surface area contributed by atoms with Gasteiger partial charge in [0.1, 0.15) is 5.56 Å². The summed E-state index contributed by atoms with van der Waals surface area (Å²) in [5.74, 6) is 2.38. The average molecular weight is 489 g/mol. The molecule has 1 aliphatic carbocycles. The van der Waals surface area contributed by atoms with Crippen LogP contribution in [0.5, 0.6) is 0 Å². The topological polar surface area (TPSA) is 107 Å².